The average molecular weight is 409 g/mol. The number of fused-ring (bicyclic) bond motifs is 2. The number of thiazole rings is 1. The van der Waals surface area contributed by atoms with Gasteiger partial charge in [-0.05, 0) is 37.1 Å². The van der Waals surface area contributed by atoms with E-state index in [9.17, 15) is 9.59 Å². The van der Waals surface area contributed by atoms with E-state index in [0.717, 1.165) is 15.9 Å². The number of amides is 2. The van der Waals surface area contributed by atoms with Crippen LogP contribution in [0.25, 0.3) is 21.3 Å². The summed E-state index contributed by atoms with van der Waals surface area (Å²) in [4.78, 5) is 33.2. The van der Waals surface area contributed by atoms with Gasteiger partial charge in [-0.3, -0.25) is 14.9 Å². The number of benzene rings is 1. The summed E-state index contributed by atoms with van der Waals surface area (Å²) in [6.07, 6.45) is 0. The molecule has 2 N–H and O–H groups in total. The Labute approximate surface area is 170 Å². The molecule has 0 bridgehead atoms. The van der Waals surface area contributed by atoms with Crippen LogP contribution in [0.5, 0.6) is 0 Å². The summed E-state index contributed by atoms with van der Waals surface area (Å²) in [7, 11) is 0. The van der Waals surface area contributed by atoms with E-state index in [2.05, 4.69) is 25.8 Å². The molecule has 0 fully saturated rings. The quantitative estimate of drug-likeness (QED) is 0.514. The fraction of sp³-hybridized carbons (Fsp3) is 0.250. The predicted molar refractivity (Wildman–Crippen MR) is 113 cm³/mol. The van der Waals surface area contributed by atoms with Gasteiger partial charge in [-0.2, -0.15) is 0 Å². The largest absolute Gasteiger partial charge is 0.336 e. The zero-order chi connectivity index (χ0) is 20.7. The standard InChI is InChI=1S/C20H19N5O3S/c1-9(2)15-8-13(17-10(3)25-28-19(17)22-15)18(27)24-20-23-14-6-5-12(21-11(4)26)7-16(14)29-20/h5-9H,1-4H3,(H,21,26)(H,23,24,27). The third-order valence-electron chi connectivity index (χ3n) is 4.40. The lowest BCUT2D eigenvalue weighted by atomic mass is 10.0. The van der Waals surface area contributed by atoms with Gasteiger partial charge in [0.2, 0.25) is 5.91 Å². The first-order valence-electron chi connectivity index (χ1n) is 9.08. The normalized spacial score (nSPS) is 11.3. The number of hydrogen-bond donors (Lipinski definition) is 2. The Morgan fingerprint density at radius 2 is 1.93 bits per heavy atom. The van der Waals surface area contributed by atoms with Crippen LogP contribution in [-0.2, 0) is 4.79 Å². The van der Waals surface area contributed by atoms with Crippen LogP contribution in [0.15, 0.2) is 28.8 Å². The minimum Gasteiger partial charge on any atom is -0.336 e. The number of nitrogens with one attached hydrogen (secondary N) is 2. The van der Waals surface area contributed by atoms with Gasteiger partial charge in [0, 0.05) is 18.3 Å². The smallest absolute Gasteiger partial charge is 0.259 e. The van der Waals surface area contributed by atoms with Crippen molar-refractivity contribution in [1.82, 2.24) is 15.1 Å². The second-order valence-electron chi connectivity index (χ2n) is 7.03. The number of nitrogens with zero attached hydrogens (tertiary/aromatic N) is 3. The number of carbonyl (C=O) groups excluding carboxylic acids is 2. The molecule has 8 nitrogen and oxygen atoms in total. The van der Waals surface area contributed by atoms with Gasteiger partial charge in [0.15, 0.2) is 5.13 Å². The highest BCUT2D eigenvalue weighted by atomic mass is 32.1. The van der Waals surface area contributed by atoms with Gasteiger partial charge in [0.25, 0.3) is 11.6 Å². The van der Waals surface area contributed by atoms with Crippen molar-refractivity contribution in [2.24, 2.45) is 0 Å². The van der Waals surface area contributed by atoms with Crippen LogP contribution < -0.4 is 10.6 Å². The summed E-state index contributed by atoms with van der Waals surface area (Å²) < 4.78 is 6.14. The Kier molecular flexibility index (Phi) is 4.75. The highest BCUT2D eigenvalue weighted by molar-refractivity contribution is 7.22. The highest BCUT2D eigenvalue weighted by Gasteiger charge is 2.20. The minimum atomic E-state index is -0.299. The number of rotatable bonds is 4. The first-order chi connectivity index (χ1) is 13.8. The van der Waals surface area contributed by atoms with Crippen LogP contribution in [0.4, 0.5) is 10.8 Å². The lowest BCUT2D eigenvalue weighted by Gasteiger charge is -2.08. The van der Waals surface area contributed by atoms with Gasteiger partial charge in [0.1, 0.15) is 0 Å². The fourth-order valence-corrected chi connectivity index (χ4v) is 3.91. The molecule has 29 heavy (non-hydrogen) atoms. The molecule has 9 heteroatoms. The molecule has 3 heterocycles. The van der Waals surface area contributed by atoms with Gasteiger partial charge in [-0.25, -0.2) is 9.97 Å². The van der Waals surface area contributed by atoms with Crippen LogP contribution in [0, 0.1) is 6.92 Å². The monoisotopic (exact) mass is 409 g/mol. The lowest BCUT2D eigenvalue weighted by molar-refractivity contribution is -0.114. The van der Waals surface area contributed by atoms with Crippen molar-refractivity contribution in [2.45, 2.75) is 33.6 Å². The van der Waals surface area contributed by atoms with E-state index in [1.165, 1.54) is 18.3 Å². The third kappa shape index (κ3) is 3.68. The van der Waals surface area contributed by atoms with Gasteiger partial charge in [-0.15, -0.1) is 0 Å². The van der Waals surface area contributed by atoms with E-state index in [1.807, 2.05) is 19.9 Å². The van der Waals surface area contributed by atoms with Crippen molar-refractivity contribution < 1.29 is 14.1 Å². The fourth-order valence-electron chi connectivity index (χ4n) is 3.01. The molecule has 0 radical (unpaired) electrons. The minimum absolute atomic E-state index is 0.131. The Morgan fingerprint density at radius 1 is 1.14 bits per heavy atom. The van der Waals surface area contributed by atoms with E-state index >= 15 is 0 Å². The molecule has 148 valence electrons. The van der Waals surface area contributed by atoms with Gasteiger partial charge >= 0.3 is 0 Å². The van der Waals surface area contributed by atoms with E-state index in [-0.39, 0.29) is 17.7 Å². The zero-order valence-electron chi connectivity index (χ0n) is 16.4. The number of anilines is 2. The number of aryl methyl sites for hydroxylation is 1. The Morgan fingerprint density at radius 3 is 2.66 bits per heavy atom. The molecule has 3 aromatic heterocycles. The lowest BCUT2D eigenvalue weighted by Crippen LogP contribution is -2.13. The summed E-state index contributed by atoms with van der Waals surface area (Å²) in [5.74, 6) is -0.313. The third-order valence-corrected chi connectivity index (χ3v) is 5.34. The van der Waals surface area contributed by atoms with E-state index in [0.29, 0.717) is 33.2 Å². The van der Waals surface area contributed by atoms with Crippen molar-refractivity contribution in [3.8, 4) is 0 Å². The Bertz CT molecular complexity index is 1260. The van der Waals surface area contributed by atoms with Crippen LogP contribution in [-0.4, -0.2) is 26.9 Å². The maximum atomic E-state index is 13.0. The van der Waals surface area contributed by atoms with Crippen molar-refractivity contribution in [3.63, 3.8) is 0 Å². The molecule has 0 aliphatic carbocycles. The van der Waals surface area contributed by atoms with Crippen LogP contribution in [0.3, 0.4) is 0 Å². The van der Waals surface area contributed by atoms with Crippen molar-refractivity contribution in [3.05, 3.63) is 41.2 Å². The van der Waals surface area contributed by atoms with Crippen LogP contribution in [0.2, 0.25) is 0 Å². The Hall–Kier alpha value is -3.33. The number of pyridine rings is 1. The number of aromatic nitrogens is 3. The van der Waals surface area contributed by atoms with E-state index in [1.54, 1.807) is 25.1 Å². The van der Waals surface area contributed by atoms with E-state index in [4.69, 9.17) is 4.52 Å². The topological polar surface area (TPSA) is 110 Å². The molecule has 0 spiro atoms. The molecule has 0 aliphatic heterocycles. The molecular formula is C20H19N5O3S. The van der Waals surface area contributed by atoms with Crippen molar-refractivity contribution in [2.75, 3.05) is 10.6 Å². The number of hydrogen-bond acceptors (Lipinski definition) is 7. The summed E-state index contributed by atoms with van der Waals surface area (Å²) >= 11 is 1.33. The molecule has 0 saturated heterocycles. The summed E-state index contributed by atoms with van der Waals surface area (Å²) in [5, 5.41) is 10.6. The molecule has 4 aromatic rings. The van der Waals surface area contributed by atoms with Crippen molar-refractivity contribution in [1.29, 1.82) is 0 Å². The second kappa shape index (κ2) is 7.25. The van der Waals surface area contributed by atoms with Gasteiger partial charge in [0.05, 0.1) is 26.9 Å². The molecular weight excluding hydrogens is 390 g/mol. The second-order valence-corrected chi connectivity index (χ2v) is 8.07. The summed E-state index contributed by atoms with van der Waals surface area (Å²) in [5.41, 5.74) is 3.59. The number of carbonyl (C=O) groups is 2. The molecule has 0 atom stereocenters. The molecule has 2 amide bonds. The average Bonchev–Trinajstić information content (AvgIpc) is 3.23. The van der Waals surface area contributed by atoms with Gasteiger partial charge < -0.3 is 9.84 Å². The van der Waals surface area contributed by atoms with Crippen LogP contribution in [0.1, 0.15) is 48.4 Å². The molecule has 1 aromatic carbocycles. The van der Waals surface area contributed by atoms with Crippen molar-refractivity contribution >= 4 is 55.3 Å². The first kappa shape index (κ1) is 19.0. The van der Waals surface area contributed by atoms with Gasteiger partial charge in [-0.1, -0.05) is 30.3 Å². The Balaban J connectivity index is 1.69. The molecule has 4 rings (SSSR count). The maximum absolute atomic E-state index is 13.0. The van der Waals surface area contributed by atoms with E-state index < -0.39 is 0 Å². The highest BCUT2D eigenvalue weighted by Crippen LogP contribution is 2.30. The SMILES string of the molecule is CC(=O)Nc1ccc2nc(NC(=O)c3cc(C(C)C)nc4onc(C)c34)sc2c1. The molecule has 0 unspecified atom stereocenters. The predicted octanol–water partition coefficient (Wildman–Crippen LogP) is 4.48. The maximum Gasteiger partial charge on any atom is 0.259 e. The summed E-state index contributed by atoms with van der Waals surface area (Å²) in [6.45, 7) is 7.23. The first-order valence-corrected chi connectivity index (χ1v) is 9.90. The zero-order valence-corrected chi connectivity index (χ0v) is 17.2. The van der Waals surface area contributed by atoms with Crippen LogP contribution >= 0.6 is 11.3 Å². The molecule has 0 aliphatic rings. The molecule has 0 saturated carbocycles. The summed E-state index contributed by atoms with van der Waals surface area (Å²) in [6, 6.07) is 7.18.